The minimum absolute atomic E-state index is 0.696. The first-order valence-corrected chi connectivity index (χ1v) is 23.1. The Morgan fingerprint density at radius 2 is 0.699 bits per heavy atom. The maximum absolute atomic E-state index is 12.4. The van der Waals surface area contributed by atoms with Crippen LogP contribution in [0.15, 0.2) is 0 Å². The standard InChI is InChI=1S/C40H68N2O31/c1-9(47)41-17-23(53)32(13(5-45)65-35(17)62)71-36-18(42-10(2)48)24(54)33(14(6-46)68-36)72-39-31(61)27(57)22(52)16(70-39)7-63-37-29(59)26(56)21(51)15(69-37)8-64-40-34(28(58)20(50)12(4-44)67-40)73-38-30(60)25(55)19(49)11(3-43)66-38/h11-40,43-46,49-62H,3-8H2,1-2H3,(H,41,47)(H,42,48)/t11-,12-,13-,14-,15-,16-,17-,18-,19-,20-,21-,22-,23-,24-,25+,26+,27+,28+,29+,30+,31+,32-,33-,34+,35-,36+,37-,38+,39+,40-/m1/s1. The molecule has 6 saturated heterocycles. The fourth-order valence-electron chi connectivity index (χ4n) is 9.10. The molecule has 0 aromatic rings. The van der Waals surface area contributed by atoms with E-state index in [1.807, 2.05) is 0 Å². The number of rotatable bonds is 18. The molecule has 0 bridgehead atoms. The minimum Gasteiger partial charge on any atom is -0.394 e. The van der Waals surface area contributed by atoms with Gasteiger partial charge in [0.1, 0.15) is 146 Å². The van der Waals surface area contributed by atoms with E-state index in [4.69, 9.17) is 52.1 Å². The third-order valence-corrected chi connectivity index (χ3v) is 13.2. The predicted octanol–water partition coefficient (Wildman–Crippen LogP) is -13.8. The molecular formula is C40H68N2O31. The van der Waals surface area contributed by atoms with E-state index in [2.05, 4.69) is 10.6 Å². The number of nitrogens with one attached hydrogen (secondary N) is 2. The third kappa shape index (κ3) is 13.2. The maximum Gasteiger partial charge on any atom is 0.217 e. The highest BCUT2D eigenvalue weighted by Gasteiger charge is 2.56. The summed E-state index contributed by atoms with van der Waals surface area (Å²) in [4.78, 5) is 24.2. The molecule has 0 aromatic heterocycles. The molecule has 0 unspecified atom stereocenters. The SMILES string of the molecule is CC(=O)N[C@@H]1[C@@H](O)[C@H](O[C@@H]2O[C@H](CO)[C@@H](O[C@@H]3O[C@H](CO[C@@H]4O[C@H](CO[C@@H]5O[C@H](CO)[C@@H](O)[C@H](O)[C@@H]5O[C@@H]5O[C@H](CO)[C@@H](O)[C@H](O)[C@@H]5O)[C@@H](O)[C@H](O)[C@@H]4O)[C@@H](O)[C@H](O)[C@@H]3O)[C@H](O)[C@H]2NC(C)=O)[C@@H](CO)O[C@H]1O. The summed E-state index contributed by atoms with van der Waals surface area (Å²) in [6.07, 6.45) is -51.9. The number of hydrogen-bond acceptors (Lipinski definition) is 31. The van der Waals surface area contributed by atoms with Crippen LogP contribution in [0.2, 0.25) is 0 Å². The Kier molecular flexibility index (Phi) is 21.3. The summed E-state index contributed by atoms with van der Waals surface area (Å²) in [6, 6.07) is -3.17. The summed E-state index contributed by atoms with van der Waals surface area (Å²) < 4.78 is 62.0. The van der Waals surface area contributed by atoms with Crippen LogP contribution in [-0.4, -0.2) is 327 Å². The second-order valence-electron chi connectivity index (χ2n) is 18.3. The molecule has 30 atom stereocenters. The van der Waals surface area contributed by atoms with Crippen LogP contribution in [-0.2, 0) is 61.7 Å². The second kappa shape index (κ2) is 26.0. The first-order valence-electron chi connectivity index (χ1n) is 23.1. The molecule has 20 N–H and O–H groups in total. The van der Waals surface area contributed by atoms with Crippen molar-refractivity contribution in [1.82, 2.24) is 10.6 Å². The third-order valence-electron chi connectivity index (χ3n) is 13.2. The van der Waals surface area contributed by atoms with Gasteiger partial charge >= 0.3 is 0 Å². The molecule has 73 heavy (non-hydrogen) atoms. The van der Waals surface area contributed by atoms with E-state index in [-0.39, 0.29) is 0 Å². The number of aliphatic hydroxyl groups excluding tert-OH is 18. The summed E-state index contributed by atoms with van der Waals surface area (Å²) in [5.41, 5.74) is 0. The van der Waals surface area contributed by atoms with Crippen LogP contribution in [0.5, 0.6) is 0 Å². The van der Waals surface area contributed by atoms with Gasteiger partial charge < -0.3 is 155 Å². The fraction of sp³-hybridized carbons (Fsp3) is 0.950. The molecule has 6 fully saturated rings. The van der Waals surface area contributed by atoms with Crippen molar-refractivity contribution in [3.8, 4) is 0 Å². The van der Waals surface area contributed by atoms with E-state index in [0.717, 1.165) is 13.8 Å². The second-order valence-corrected chi connectivity index (χ2v) is 18.3. The van der Waals surface area contributed by atoms with Gasteiger partial charge in [-0.05, 0) is 0 Å². The maximum atomic E-state index is 12.4. The van der Waals surface area contributed by atoms with Crippen LogP contribution in [0.1, 0.15) is 13.8 Å². The van der Waals surface area contributed by atoms with E-state index in [1.54, 1.807) is 0 Å². The molecule has 6 heterocycles. The molecule has 0 spiro atoms. The summed E-state index contributed by atoms with van der Waals surface area (Å²) >= 11 is 0. The van der Waals surface area contributed by atoms with Crippen molar-refractivity contribution in [1.29, 1.82) is 0 Å². The fourth-order valence-corrected chi connectivity index (χ4v) is 9.10. The van der Waals surface area contributed by atoms with Gasteiger partial charge in [0.15, 0.2) is 37.7 Å². The minimum atomic E-state index is -2.13. The van der Waals surface area contributed by atoms with E-state index in [1.165, 1.54) is 0 Å². The van der Waals surface area contributed by atoms with Crippen molar-refractivity contribution in [2.45, 2.75) is 198 Å². The van der Waals surface area contributed by atoms with Crippen LogP contribution in [0.25, 0.3) is 0 Å². The van der Waals surface area contributed by atoms with Crippen molar-refractivity contribution in [3.63, 3.8) is 0 Å². The van der Waals surface area contributed by atoms with Gasteiger partial charge in [0.05, 0.1) is 39.6 Å². The van der Waals surface area contributed by atoms with Gasteiger partial charge in [-0.1, -0.05) is 0 Å². The van der Waals surface area contributed by atoms with Crippen LogP contribution >= 0.6 is 0 Å². The predicted molar refractivity (Wildman–Crippen MR) is 222 cm³/mol. The molecule has 0 aromatic carbocycles. The van der Waals surface area contributed by atoms with Gasteiger partial charge in [0, 0.05) is 13.8 Å². The van der Waals surface area contributed by atoms with E-state index < -0.39 is 236 Å². The number of ether oxygens (including phenoxy) is 11. The number of amides is 2. The summed E-state index contributed by atoms with van der Waals surface area (Å²) in [5, 5.41) is 195. The average molecular weight is 1070 g/mol. The highest BCUT2D eigenvalue weighted by molar-refractivity contribution is 5.73. The normalized spacial score (nSPS) is 49.8. The van der Waals surface area contributed by atoms with Gasteiger partial charge in [-0.3, -0.25) is 9.59 Å². The Balaban J connectivity index is 1.12. The largest absolute Gasteiger partial charge is 0.394 e. The van der Waals surface area contributed by atoms with Crippen molar-refractivity contribution in [2.75, 3.05) is 39.6 Å². The van der Waals surface area contributed by atoms with Crippen LogP contribution in [0.4, 0.5) is 0 Å². The number of carbonyl (C=O) groups is 2. The lowest BCUT2D eigenvalue weighted by Gasteiger charge is -2.49. The summed E-state index contributed by atoms with van der Waals surface area (Å²) in [5.74, 6) is -1.49. The quantitative estimate of drug-likeness (QED) is 0.0606. The van der Waals surface area contributed by atoms with Crippen molar-refractivity contribution < 1.29 is 154 Å². The molecule has 0 radical (unpaired) electrons. The van der Waals surface area contributed by atoms with Crippen molar-refractivity contribution in [2.24, 2.45) is 0 Å². The number of hydrogen-bond donors (Lipinski definition) is 20. The lowest BCUT2D eigenvalue weighted by atomic mass is 9.94. The summed E-state index contributed by atoms with van der Waals surface area (Å²) in [6.45, 7) is -3.21. The Labute approximate surface area is 413 Å². The smallest absolute Gasteiger partial charge is 0.217 e. The van der Waals surface area contributed by atoms with Crippen LogP contribution < -0.4 is 10.6 Å². The van der Waals surface area contributed by atoms with E-state index in [9.17, 15) is 102 Å². The van der Waals surface area contributed by atoms with Crippen molar-refractivity contribution in [3.05, 3.63) is 0 Å². The number of carbonyl (C=O) groups excluding carboxylic acids is 2. The topological polar surface area (TPSA) is 524 Å². The molecular weight excluding hydrogens is 1000 g/mol. The van der Waals surface area contributed by atoms with Gasteiger partial charge in [0.2, 0.25) is 11.8 Å². The van der Waals surface area contributed by atoms with E-state index in [0.29, 0.717) is 0 Å². The molecule has 6 aliphatic heterocycles. The van der Waals surface area contributed by atoms with Crippen LogP contribution in [0.3, 0.4) is 0 Å². The first-order chi connectivity index (χ1) is 34.5. The molecule has 2 amide bonds. The zero-order valence-corrected chi connectivity index (χ0v) is 38.9. The molecule has 6 rings (SSSR count). The Morgan fingerprint density at radius 3 is 1.19 bits per heavy atom. The van der Waals surface area contributed by atoms with Gasteiger partial charge in [-0.2, -0.15) is 0 Å². The Hall–Kier alpha value is -2.22. The molecule has 0 saturated carbocycles. The Morgan fingerprint density at radius 1 is 0.356 bits per heavy atom. The molecule has 6 aliphatic rings. The molecule has 0 aliphatic carbocycles. The van der Waals surface area contributed by atoms with Gasteiger partial charge in [0.25, 0.3) is 0 Å². The zero-order valence-electron chi connectivity index (χ0n) is 38.9. The Bertz CT molecular complexity index is 1750. The average Bonchev–Trinajstić information content (AvgIpc) is 3.35. The molecule has 33 nitrogen and oxygen atoms in total. The zero-order chi connectivity index (χ0) is 53.9. The molecule has 424 valence electrons. The highest BCUT2D eigenvalue weighted by Crippen LogP contribution is 2.35. The molecule has 33 heteroatoms. The monoisotopic (exact) mass is 1070 g/mol. The summed E-state index contributed by atoms with van der Waals surface area (Å²) in [7, 11) is 0. The van der Waals surface area contributed by atoms with Crippen LogP contribution in [0, 0.1) is 0 Å². The lowest BCUT2D eigenvalue weighted by Crippen LogP contribution is -2.70. The lowest BCUT2D eigenvalue weighted by molar-refractivity contribution is -0.375. The van der Waals surface area contributed by atoms with Gasteiger partial charge in [-0.15, -0.1) is 0 Å². The highest BCUT2D eigenvalue weighted by atomic mass is 16.8. The van der Waals surface area contributed by atoms with Gasteiger partial charge in [-0.25, -0.2) is 0 Å². The number of aliphatic hydroxyl groups is 18. The van der Waals surface area contributed by atoms with E-state index >= 15 is 0 Å². The first kappa shape index (κ1) is 60.0. The van der Waals surface area contributed by atoms with Crippen molar-refractivity contribution >= 4 is 11.8 Å².